The van der Waals surface area contributed by atoms with Gasteiger partial charge >= 0.3 is 5.97 Å². The molecule has 0 bridgehead atoms. The Balaban J connectivity index is 1.72. The topological polar surface area (TPSA) is 77.9 Å². The molecule has 0 aromatic heterocycles. The number of amides is 2. The maximum absolute atomic E-state index is 13.5. The van der Waals surface area contributed by atoms with Gasteiger partial charge in [-0.3, -0.25) is 9.59 Å². The molecule has 1 N–H and O–H groups in total. The van der Waals surface area contributed by atoms with Crippen LogP contribution in [0.4, 0.5) is 11.4 Å². The molecule has 3 aromatic carbocycles. The normalized spacial score (nSPS) is 17.1. The van der Waals surface area contributed by atoms with Crippen molar-refractivity contribution in [2.75, 3.05) is 37.6 Å². The second kappa shape index (κ2) is 6.39. The maximum atomic E-state index is 13.5. The lowest BCUT2D eigenvalue weighted by Gasteiger charge is -2.41. The van der Waals surface area contributed by atoms with Crippen molar-refractivity contribution in [1.82, 2.24) is 0 Å². The summed E-state index contributed by atoms with van der Waals surface area (Å²) in [5.74, 6) is -1.85. The van der Waals surface area contributed by atoms with E-state index < -0.39 is 17.8 Å². The van der Waals surface area contributed by atoms with Crippen LogP contribution in [0.2, 0.25) is 0 Å². The van der Waals surface area contributed by atoms with Gasteiger partial charge in [0.2, 0.25) is 0 Å². The van der Waals surface area contributed by atoms with Crippen molar-refractivity contribution in [2.45, 2.75) is 6.54 Å². The number of hydrogen-bond acceptors (Lipinski definition) is 4. The smallest absolute Gasteiger partial charge is 0.335 e. The average molecular weight is 416 g/mol. The Morgan fingerprint density at radius 3 is 2.35 bits per heavy atom. The lowest BCUT2D eigenvalue weighted by atomic mass is 9.89. The van der Waals surface area contributed by atoms with Gasteiger partial charge in [-0.2, -0.15) is 0 Å². The maximum Gasteiger partial charge on any atom is 0.335 e. The first-order valence-corrected chi connectivity index (χ1v) is 10.0. The van der Waals surface area contributed by atoms with Crippen LogP contribution >= 0.6 is 0 Å². The zero-order chi connectivity index (χ0) is 22.1. The largest absolute Gasteiger partial charge is 0.478 e. The van der Waals surface area contributed by atoms with Crippen molar-refractivity contribution in [3.63, 3.8) is 0 Å². The Kier molecular flexibility index (Phi) is 3.97. The van der Waals surface area contributed by atoms with Crippen LogP contribution < -0.4 is 9.80 Å². The molecular formula is C24H22N3O4+. The Morgan fingerprint density at radius 2 is 1.68 bits per heavy atom. The summed E-state index contributed by atoms with van der Waals surface area (Å²) in [6.45, 7) is 1.61. The molecule has 0 saturated heterocycles. The summed E-state index contributed by atoms with van der Waals surface area (Å²) in [6, 6.07) is 13.3. The van der Waals surface area contributed by atoms with E-state index in [4.69, 9.17) is 5.11 Å². The molecule has 31 heavy (non-hydrogen) atoms. The van der Waals surface area contributed by atoms with Crippen LogP contribution in [0.3, 0.4) is 0 Å². The van der Waals surface area contributed by atoms with Gasteiger partial charge in [0.15, 0.2) is 6.67 Å². The standard InChI is InChI=1S/C24H21N3O4/c1-25-13-27(2,3)12-15-11-19-20-17(21(15)25)5-4-6-18(20)22(28)26(23(19)29)16-9-7-14(8-10-16)24(30)31/h4-11H,12-13H2,1-3H3/p+1. The molecule has 2 aliphatic heterocycles. The zero-order valence-electron chi connectivity index (χ0n) is 17.5. The number of carboxylic acid groups (broad SMARTS) is 1. The van der Waals surface area contributed by atoms with Crippen LogP contribution in [-0.4, -0.2) is 55.2 Å². The second-order valence-electron chi connectivity index (χ2n) is 8.89. The van der Waals surface area contributed by atoms with Gasteiger partial charge in [0, 0.05) is 34.5 Å². The Hall–Kier alpha value is -3.71. The summed E-state index contributed by atoms with van der Waals surface area (Å²) in [6.07, 6.45) is 0. The fourth-order valence-electron chi connectivity index (χ4n) is 4.92. The first-order valence-electron chi connectivity index (χ1n) is 10.0. The van der Waals surface area contributed by atoms with E-state index in [-0.39, 0.29) is 5.56 Å². The van der Waals surface area contributed by atoms with Gasteiger partial charge in [0.1, 0.15) is 6.54 Å². The zero-order valence-corrected chi connectivity index (χ0v) is 17.5. The summed E-state index contributed by atoms with van der Waals surface area (Å²) in [5, 5.41) is 10.7. The second-order valence-corrected chi connectivity index (χ2v) is 8.89. The van der Waals surface area contributed by atoms with E-state index >= 15 is 0 Å². The van der Waals surface area contributed by atoms with Crippen molar-refractivity contribution in [1.29, 1.82) is 0 Å². The third kappa shape index (κ3) is 2.81. The number of carboxylic acids is 1. The van der Waals surface area contributed by atoms with Gasteiger partial charge < -0.3 is 14.5 Å². The van der Waals surface area contributed by atoms with Gasteiger partial charge in [0.05, 0.1) is 31.0 Å². The number of anilines is 2. The molecule has 2 aliphatic rings. The van der Waals surface area contributed by atoms with Crippen molar-refractivity contribution < 1.29 is 24.0 Å². The minimum absolute atomic E-state index is 0.0975. The Labute approximate surface area is 179 Å². The van der Waals surface area contributed by atoms with Crippen LogP contribution in [0, 0.1) is 0 Å². The highest BCUT2D eigenvalue weighted by molar-refractivity contribution is 6.36. The number of benzene rings is 3. The van der Waals surface area contributed by atoms with Crippen LogP contribution in [0.25, 0.3) is 10.8 Å². The number of hydrogen-bond donors (Lipinski definition) is 1. The molecule has 5 rings (SSSR count). The van der Waals surface area contributed by atoms with Gasteiger partial charge in [-0.15, -0.1) is 0 Å². The molecular weight excluding hydrogens is 394 g/mol. The molecule has 2 amide bonds. The quantitative estimate of drug-likeness (QED) is 0.512. The molecule has 7 heteroatoms. The monoisotopic (exact) mass is 416 g/mol. The van der Waals surface area contributed by atoms with Crippen LogP contribution in [0.5, 0.6) is 0 Å². The summed E-state index contributed by atoms with van der Waals surface area (Å²) in [7, 11) is 6.33. The highest BCUT2D eigenvalue weighted by atomic mass is 16.4. The van der Waals surface area contributed by atoms with E-state index in [0.29, 0.717) is 22.2 Å². The lowest BCUT2D eigenvalue weighted by Crippen LogP contribution is -2.50. The molecule has 0 fully saturated rings. The van der Waals surface area contributed by atoms with Gasteiger partial charge in [-0.05, 0) is 36.4 Å². The Morgan fingerprint density at radius 1 is 1.00 bits per heavy atom. The molecule has 0 atom stereocenters. The van der Waals surface area contributed by atoms with E-state index in [2.05, 4.69) is 19.0 Å². The molecule has 2 heterocycles. The van der Waals surface area contributed by atoms with Crippen LogP contribution in [0.15, 0.2) is 48.5 Å². The molecule has 0 spiro atoms. The molecule has 0 saturated carbocycles. The number of quaternary nitrogens is 1. The number of nitrogens with zero attached hydrogens (tertiary/aromatic N) is 3. The third-order valence-electron chi connectivity index (χ3n) is 6.03. The highest BCUT2D eigenvalue weighted by Crippen LogP contribution is 2.42. The molecule has 0 radical (unpaired) electrons. The minimum Gasteiger partial charge on any atom is -0.478 e. The number of imide groups is 1. The SMILES string of the molecule is CN1C[N+](C)(C)Cc2cc3c4c(cccc4c21)C(=O)N(c1ccc(C(=O)O)cc1)C3=O. The predicted molar refractivity (Wildman–Crippen MR) is 118 cm³/mol. The van der Waals surface area contributed by atoms with E-state index in [1.54, 1.807) is 6.07 Å². The summed E-state index contributed by atoms with van der Waals surface area (Å²) in [5.41, 5.74) is 3.57. The number of carbonyl (C=O) groups excluding carboxylic acids is 2. The molecule has 3 aromatic rings. The minimum atomic E-state index is -1.06. The van der Waals surface area contributed by atoms with Gasteiger partial charge in [-0.25, -0.2) is 9.69 Å². The third-order valence-corrected chi connectivity index (χ3v) is 6.03. The molecule has 156 valence electrons. The Bertz CT molecular complexity index is 1290. The van der Waals surface area contributed by atoms with E-state index in [9.17, 15) is 14.4 Å². The van der Waals surface area contributed by atoms with E-state index in [1.807, 2.05) is 25.2 Å². The van der Waals surface area contributed by atoms with E-state index in [1.165, 1.54) is 24.3 Å². The first kappa shape index (κ1) is 19.3. The highest BCUT2D eigenvalue weighted by Gasteiger charge is 2.38. The fourth-order valence-corrected chi connectivity index (χ4v) is 4.92. The van der Waals surface area contributed by atoms with Crippen LogP contribution in [0.1, 0.15) is 36.6 Å². The summed E-state index contributed by atoms with van der Waals surface area (Å²) in [4.78, 5) is 41.4. The lowest BCUT2D eigenvalue weighted by molar-refractivity contribution is -0.904. The summed E-state index contributed by atoms with van der Waals surface area (Å²) < 4.78 is 0.765. The van der Waals surface area contributed by atoms with Gasteiger partial charge in [-0.1, -0.05) is 12.1 Å². The number of rotatable bonds is 2. The molecule has 0 aliphatic carbocycles. The summed E-state index contributed by atoms with van der Waals surface area (Å²) >= 11 is 0. The molecule has 0 unspecified atom stereocenters. The number of carbonyl (C=O) groups is 3. The van der Waals surface area contributed by atoms with Crippen molar-refractivity contribution >= 4 is 39.9 Å². The van der Waals surface area contributed by atoms with Gasteiger partial charge in [0.25, 0.3) is 11.8 Å². The molecule has 7 nitrogen and oxygen atoms in total. The average Bonchev–Trinajstić information content (AvgIpc) is 2.70. The van der Waals surface area contributed by atoms with Crippen molar-refractivity contribution in [3.05, 3.63) is 70.8 Å². The number of aromatic carboxylic acids is 1. The van der Waals surface area contributed by atoms with Crippen LogP contribution in [-0.2, 0) is 6.54 Å². The number of fused-ring (bicyclic) bond motifs is 2. The fraction of sp³-hybridized carbons (Fsp3) is 0.208. The van der Waals surface area contributed by atoms with Crippen molar-refractivity contribution in [2.24, 2.45) is 0 Å². The first-order chi connectivity index (χ1) is 14.7. The van der Waals surface area contributed by atoms with E-state index in [0.717, 1.165) is 39.2 Å². The predicted octanol–water partition coefficient (Wildman–Crippen LogP) is 3.32. The van der Waals surface area contributed by atoms with Crippen molar-refractivity contribution in [3.8, 4) is 0 Å².